The Bertz CT molecular complexity index is 1470. The summed E-state index contributed by atoms with van der Waals surface area (Å²) >= 11 is 3.43. The highest BCUT2D eigenvalue weighted by atomic mass is 79.9. The van der Waals surface area contributed by atoms with Crippen LogP contribution in [-0.4, -0.2) is 26.5 Å². The molecule has 0 spiro atoms. The van der Waals surface area contributed by atoms with Gasteiger partial charge in [0.2, 0.25) is 5.91 Å². The van der Waals surface area contributed by atoms with Crippen LogP contribution in [0.1, 0.15) is 64.1 Å². The van der Waals surface area contributed by atoms with Gasteiger partial charge in [-0.05, 0) is 82.3 Å². The average molecular weight is 676 g/mol. The molecule has 1 aliphatic rings. The molecule has 43 heavy (non-hydrogen) atoms. The molecule has 0 saturated heterocycles. The van der Waals surface area contributed by atoms with Crippen LogP contribution in [0.4, 0.5) is 20.2 Å². The van der Waals surface area contributed by atoms with Gasteiger partial charge in [0, 0.05) is 34.8 Å². The molecule has 0 unspecified atom stereocenters. The number of pyridine rings is 1. The maximum atomic E-state index is 13.1. The fourth-order valence-corrected chi connectivity index (χ4v) is 6.10. The van der Waals surface area contributed by atoms with Gasteiger partial charge in [-0.3, -0.25) is 9.78 Å². The predicted octanol–water partition coefficient (Wildman–Crippen LogP) is 8.06. The zero-order valence-electron chi connectivity index (χ0n) is 24.5. The number of nitrogens with zero attached hydrogens (tertiary/aromatic N) is 1. The number of ether oxygens (including phenoxy) is 1. The van der Waals surface area contributed by atoms with Crippen molar-refractivity contribution >= 4 is 44.2 Å². The number of hydrogen-bond donors (Lipinski definition) is 3. The van der Waals surface area contributed by atoms with E-state index in [1.54, 1.807) is 30.5 Å². The summed E-state index contributed by atoms with van der Waals surface area (Å²) in [4.78, 5) is 17.3. The van der Waals surface area contributed by atoms with Crippen LogP contribution in [0.15, 0.2) is 71.9 Å². The summed E-state index contributed by atoms with van der Waals surface area (Å²) in [7, 11) is -1.23. The van der Waals surface area contributed by atoms with Gasteiger partial charge in [0.15, 0.2) is 0 Å². The van der Waals surface area contributed by atoms with E-state index in [4.69, 9.17) is 9.72 Å². The second-order valence-corrected chi connectivity index (χ2v) is 14.3. The molecule has 2 aromatic carbocycles. The lowest BCUT2D eigenvalue weighted by atomic mass is 9.75. The summed E-state index contributed by atoms with van der Waals surface area (Å²) in [6, 6.07) is 14.4. The van der Waals surface area contributed by atoms with Crippen LogP contribution in [0.3, 0.4) is 0 Å². The number of rotatable bonds is 13. The molecular weight excluding hydrogens is 638 g/mol. The molecule has 0 aliphatic heterocycles. The Morgan fingerprint density at radius 1 is 1.16 bits per heavy atom. The second kappa shape index (κ2) is 14.1. The van der Waals surface area contributed by atoms with Crippen LogP contribution < -0.4 is 20.1 Å². The quantitative estimate of drug-likeness (QED) is 0.160. The van der Waals surface area contributed by atoms with E-state index in [9.17, 15) is 17.8 Å². The van der Waals surface area contributed by atoms with E-state index in [2.05, 4.69) is 37.9 Å². The van der Waals surface area contributed by atoms with Crippen LogP contribution in [0.2, 0.25) is 0 Å². The van der Waals surface area contributed by atoms with Gasteiger partial charge in [-0.2, -0.15) is 8.78 Å². The molecule has 3 N–H and O–H groups in total. The minimum atomic E-state index is -2.96. The first kappa shape index (κ1) is 32.8. The normalized spacial score (nSPS) is 15.0. The van der Waals surface area contributed by atoms with E-state index >= 15 is 0 Å². The molecule has 4 rings (SSSR count). The highest BCUT2D eigenvalue weighted by Crippen LogP contribution is 2.42. The van der Waals surface area contributed by atoms with Gasteiger partial charge in [-0.25, -0.2) is 8.93 Å². The van der Waals surface area contributed by atoms with Crippen LogP contribution in [0.5, 0.6) is 5.75 Å². The van der Waals surface area contributed by atoms with E-state index < -0.39 is 27.9 Å². The lowest BCUT2D eigenvalue weighted by Gasteiger charge is -2.43. The standard InChI is InChI=1S/C32H37BrF2N4O3S/c1-5-6-11-29(40)38-25-14-12-21(18-26(25)36-20-23-24(33)9-7-10-27(23)42-30(34)35)22-13-15-28(37-19-22)32(16-8-17-32)39-43(41)31(2,3)4/h5,7,9-10,12-15,18-19,30,36,39H,1,6,8,11,16-17,20H2,2-4H3,(H,38,40)/t43-/m0/s1. The van der Waals surface area contributed by atoms with Gasteiger partial charge in [-0.15, -0.1) is 6.58 Å². The summed E-state index contributed by atoms with van der Waals surface area (Å²) in [5.74, 6) is -0.120. The topological polar surface area (TPSA) is 92.4 Å². The third kappa shape index (κ3) is 8.27. The van der Waals surface area contributed by atoms with Crippen molar-refractivity contribution in [3.63, 3.8) is 0 Å². The molecule has 0 bridgehead atoms. The number of carbonyl (C=O) groups is 1. The summed E-state index contributed by atoms with van der Waals surface area (Å²) in [5.41, 5.74) is 3.79. The molecule has 1 saturated carbocycles. The second-order valence-electron chi connectivity index (χ2n) is 11.4. The smallest absolute Gasteiger partial charge is 0.387 e. The SMILES string of the molecule is C=CCCC(=O)Nc1ccc(-c2ccc(C3(N[S@@](=O)C(C)(C)C)CCC3)nc2)cc1NCc1c(Br)cccc1OC(F)F. The van der Waals surface area contributed by atoms with Gasteiger partial charge in [-0.1, -0.05) is 40.2 Å². The number of alkyl halides is 2. The predicted molar refractivity (Wildman–Crippen MR) is 172 cm³/mol. The monoisotopic (exact) mass is 674 g/mol. The lowest BCUT2D eigenvalue weighted by molar-refractivity contribution is -0.116. The summed E-state index contributed by atoms with van der Waals surface area (Å²) < 4.78 is 47.3. The largest absolute Gasteiger partial charge is 0.434 e. The van der Waals surface area contributed by atoms with Gasteiger partial charge >= 0.3 is 6.61 Å². The van der Waals surface area contributed by atoms with Crippen LogP contribution in [0.25, 0.3) is 11.1 Å². The molecule has 1 heterocycles. The number of aromatic nitrogens is 1. The van der Waals surface area contributed by atoms with Gasteiger partial charge in [0.25, 0.3) is 0 Å². The molecule has 1 aromatic heterocycles. The number of amides is 1. The molecule has 230 valence electrons. The van der Waals surface area contributed by atoms with Crippen LogP contribution in [0, 0.1) is 0 Å². The van der Waals surface area contributed by atoms with Gasteiger partial charge < -0.3 is 15.4 Å². The van der Waals surface area contributed by atoms with Crippen molar-refractivity contribution in [2.75, 3.05) is 10.6 Å². The Balaban J connectivity index is 1.62. The third-order valence-electron chi connectivity index (χ3n) is 7.26. The highest BCUT2D eigenvalue weighted by Gasteiger charge is 2.42. The zero-order valence-corrected chi connectivity index (χ0v) is 26.9. The Kier molecular flexibility index (Phi) is 10.7. The Morgan fingerprint density at radius 2 is 1.91 bits per heavy atom. The van der Waals surface area contributed by atoms with Crippen LogP contribution in [-0.2, 0) is 27.9 Å². The molecule has 1 aliphatic carbocycles. The first-order chi connectivity index (χ1) is 20.4. The van der Waals surface area contributed by atoms with Crippen molar-refractivity contribution in [3.05, 3.63) is 83.1 Å². The fourth-order valence-electron chi connectivity index (χ4n) is 4.64. The molecule has 3 aromatic rings. The molecule has 1 fully saturated rings. The van der Waals surface area contributed by atoms with Gasteiger partial charge in [0.1, 0.15) is 5.75 Å². The van der Waals surface area contributed by atoms with Crippen molar-refractivity contribution in [1.82, 2.24) is 9.71 Å². The maximum absolute atomic E-state index is 13.1. The zero-order chi connectivity index (χ0) is 31.2. The molecule has 11 heteroatoms. The number of halogens is 3. The van der Waals surface area contributed by atoms with E-state index in [0.29, 0.717) is 27.8 Å². The summed E-state index contributed by atoms with van der Waals surface area (Å²) in [6.45, 7) is 6.69. The Hall–Kier alpha value is -3.15. The first-order valence-electron chi connectivity index (χ1n) is 14.1. The van der Waals surface area contributed by atoms with E-state index in [-0.39, 0.29) is 24.6 Å². The highest BCUT2D eigenvalue weighted by molar-refractivity contribution is 9.10. The van der Waals surface area contributed by atoms with Crippen molar-refractivity contribution in [1.29, 1.82) is 0 Å². The van der Waals surface area contributed by atoms with E-state index in [0.717, 1.165) is 36.1 Å². The average Bonchev–Trinajstić information content (AvgIpc) is 2.93. The Morgan fingerprint density at radius 3 is 2.51 bits per heavy atom. The summed E-state index contributed by atoms with van der Waals surface area (Å²) in [5, 5.41) is 6.22. The first-order valence-corrected chi connectivity index (χ1v) is 16.0. The van der Waals surface area contributed by atoms with Crippen molar-refractivity contribution in [2.45, 2.75) is 76.3 Å². The molecule has 7 nitrogen and oxygen atoms in total. The number of benzene rings is 2. The number of nitrogens with one attached hydrogen (secondary N) is 3. The summed E-state index contributed by atoms with van der Waals surface area (Å²) in [6.07, 6.45) is 7.05. The van der Waals surface area contributed by atoms with Crippen molar-refractivity contribution in [2.24, 2.45) is 0 Å². The maximum Gasteiger partial charge on any atom is 0.387 e. The van der Waals surface area contributed by atoms with Crippen LogP contribution >= 0.6 is 15.9 Å². The minimum absolute atomic E-state index is 0.0512. The van der Waals surface area contributed by atoms with Gasteiger partial charge in [0.05, 0.1) is 38.3 Å². The molecule has 0 radical (unpaired) electrons. The van der Waals surface area contributed by atoms with E-state index in [1.165, 1.54) is 6.07 Å². The fraction of sp³-hybridized carbons (Fsp3) is 0.375. The minimum Gasteiger partial charge on any atom is -0.434 e. The van der Waals surface area contributed by atoms with E-state index in [1.807, 2.05) is 45.0 Å². The lowest BCUT2D eigenvalue weighted by Crippen LogP contribution is -2.52. The third-order valence-corrected chi connectivity index (χ3v) is 9.69. The number of hydrogen-bond acceptors (Lipinski definition) is 5. The number of anilines is 2. The molecule has 1 atom stereocenters. The number of carbonyl (C=O) groups excluding carboxylic acids is 1. The van der Waals surface area contributed by atoms with Crippen molar-refractivity contribution < 1.29 is 22.5 Å². The molecule has 1 amide bonds. The number of allylic oxidation sites excluding steroid dienone is 1. The Labute approximate surface area is 262 Å². The van der Waals surface area contributed by atoms with Crippen molar-refractivity contribution in [3.8, 4) is 16.9 Å². The molecular formula is C32H37BrF2N4O3S.